The Balaban J connectivity index is 1.60. The largest absolute Gasteiger partial charge is 0.354 e. The summed E-state index contributed by atoms with van der Waals surface area (Å²) in [5.41, 5.74) is 4.59. The molecule has 1 aliphatic carbocycles. The Bertz CT molecular complexity index is 1280. The number of aromatic nitrogens is 1. The number of halogens is 2. The van der Waals surface area contributed by atoms with Crippen LogP contribution in [0.15, 0.2) is 59.2 Å². The minimum absolute atomic E-state index is 0.0959. The van der Waals surface area contributed by atoms with Gasteiger partial charge in [0.25, 0.3) is 5.91 Å². The number of carbonyl (C=O) groups excluding carboxylic acids is 1. The summed E-state index contributed by atoms with van der Waals surface area (Å²) < 4.78 is 27.1. The Morgan fingerprint density at radius 3 is 2.47 bits per heavy atom. The smallest absolute Gasteiger partial charge is 0.263 e. The third kappa shape index (κ3) is 4.14. The van der Waals surface area contributed by atoms with Crippen LogP contribution in [0.5, 0.6) is 0 Å². The van der Waals surface area contributed by atoms with E-state index in [4.69, 9.17) is 5.10 Å². The van der Waals surface area contributed by atoms with Crippen LogP contribution in [0.25, 0.3) is 6.08 Å². The number of benzene rings is 2. The van der Waals surface area contributed by atoms with E-state index in [0.717, 1.165) is 41.7 Å². The molecule has 1 fully saturated rings. The number of amides is 1. The van der Waals surface area contributed by atoms with E-state index in [-0.39, 0.29) is 29.5 Å². The third-order valence-corrected chi connectivity index (χ3v) is 7.48. The topological polar surface area (TPSA) is 57.6 Å². The Labute approximate surface area is 200 Å². The first kappa shape index (κ1) is 22.4. The Kier molecular flexibility index (Phi) is 6.00. The van der Waals surface area contributed by atoms with E-state index in [2.05, 4.69) is 16.4 Å². The number of anilines is 1. The molecule has 1 N–H and O–H groups in total. The lowest BCUT2D eigenvalue weighted by atomic mass is 9.77. The molecule has 34 heavy (non-hydrogen) atoms. The molecule has 2 aromatic carbocycles. The predicted molar refractivity (Wildman–Crippen MR) is 131 cm³/mol. The van der Waals surface area contributed by atoms with Crippen LogP contribution >= 0.6 is 11.3 Å². The first-order valence-electron chi connectivity index (χ1n) is 11.2. The van der Waals surface area contributed by atoms with Gasteiger partial charge in [0.15, 0.2) is 0 Å². The quantitative estimate of drug-likeness (QED) is 0.509. The fourth-order valence-corrected chi connectivity index (χ4v) is 5.72. The van der Waals surface area contributed by atoms with Crippen molar-refractivity contribution >= 4 is 34.2 Å². The molecule has 0 spiro atoms. The first-order valence-corrected chi connectivity index (χ1v) is 12.1. The van der Waals surface area contributed by atoms with Crippen LogP contribution in [0.4, 0.5) is 13.9 Å². The molecular weight excluding hydrogens is 454 g/mol. The van der Waals surface area contributed by atoms with Crippen molar-refractivity contribution in [3.63, 3.8) is 0 Å². The Morgan fingerprint density at radius 2 is 1.79 bits per heavy atom. The van der Waals surface area contributed by atoms with Crippen LogP contribution in [0, 0.1) is 24.5 Å². The zero-order valence-electron chi connectivity index (χ0n) is 18.9. The highest BCUT2D eigenvalue weighted by atomic mass is 32.1. The molecule has 0 bridgehead atoms. The van der Waals surface area contributed by atoms with Gasteiger partial charge >= 0.3 is 0 Å². The highest BCUT2D eigenvalue weighted by Crippen LogP contribution is 2.47. The lowest BCUT2D eigenvalue weighted by Crippen LogP contribution is -2.28. The number of rotatable bonds is 4. The van der Waals surface area contributed by atoms with Gasteiger partial charge in [0.2, 0.25) is 5.13 Å². The van der Waals surface area contributed by atoms with Gasteiger partial charge in [-0.25, -0.2) is 18.8 Å². The molecule has 1 aromatic heterocycles. The minimum Gasteiger partial charge on any atom is -0.354 e. The molecule has 5 rings (SSSR count). The fraction of sp³-hybridized carbons (Fsp3) is 0.269. The summed E-state index contributed by atoms with van der Waals surface area (Å²) in [5.74, 6) is -0.642. The normalized spacial score (nSPS) is 20.9. The van der Waals surface area contributed by atoms with E-state index < -0.39 is 0 Å². The maximum absolute atomic E-state index is 13.7. The van der Waals surface area contributed by atoms with Gasteiger partial charge in [-0.2, -0.15) is 5.10 Å². The second-order valence-corrected chi connectivity index (χ2v) is 9.51. The number of thiazole rings is 1. The number of allylic oxidation sites excluding steroid dienone is 1. The number of hydrogen-bond acceptors (Lipinski definition) is 5. The van der Waals surface area contributed by atoms with Gasteiger partial charge < -0.3 is 5.32 Å². The van der Waals surface area contributed by atoms with E-state index in [1.807, 2.05) is 11.9 Å². The molecular formula is C26H24F2N4OS. The maximum atomic E-state index is 13.7. The van der Waals surface area contributed by atoms with Crippen molar-refractivity contribution in [2.75, 3.05) is 12.1 Å². The number of hydrazone groups is 1. The minimum atomic E-state index is -0.290. The summed E-state index contributed by atoms with van der Waals surface area (Å²) in [6.45, 7) is 1.81. The van der Waals surface area contributed by atoms with Crippen LogP contribution in [0.2, 0.25) is 0 Å². The van der Waals surface area contributed by atoms with Crippen LogP contribution in [-0.4, -0.2) is 23.7 Å². The van der Waals surface area contributed by atoms with Crippen molar-refractivity contribution < 1.29 is 13.6 Å². The average Bonchev–Trinajstić information content (AvgIpc) is 3.42. The van der Waals surface area contributed by atoms with Crippen molar-refractivity contribution in [1.82, 2.24) is 10.3 Å². The van der Waals surface area contributed by atoms with E-state index in [1.165, 1.54) is 35.6 Å². The van der Waals surface area contributed by atoms with Gasteiger partial charge in [-0.15, -0.1) is 0 Å². The van der Waals surface area contributed by atoms with Gasteiger partial charge in [-0.1, -0.05) is 35.6 Å². The van der Waals surface area contributed by atoms with E-state index in [9.17, 15) is 13.6 Å². The zero-order chi connectivity index (χ0) is 23.8. The first-order chi connectivity index (χ1) is 16.4. The molecule has 0 radical (unpaired) electrons. The monoisotopic (exact) mass is 478 g/mol. The number of carbonyl (C=O) groups is 1. The number of hydrogen-bond donors (Lipinski definition) is 1. The molecule has 2 atom stereocenters. The maximum Gasteiger partial charge on any atom is 0.263 e. The van der Waals surface area contributed by atoms with Gasteiger partial charge in [-0.05, 0) is 73.2 Å². The second kappa shape index (κ2) is 9.10. The lowest BCUT2D eigenvalue weighted by Gasteiger charge is -2.29. The highest BCUT2D eigenvalue weighted by molar-refractivity contribution is 7.17. The SMILES string of the molecule is CNC(=O)c1sc(N2N=C3/C(=C/c4ccc(F)cc4)CCCC3C2c2ccc(F)cc2)nc1C. The third-order valence-electron chi connectivity index (χ3n) is 6.34. The number of nitrogens with one attached hydrogen (secondary N) is 1. The Morgan fingerprint density at radius 1 is 1.12 bits per heavy atom. The fourth-order valence-electron chi connectivity index (χ4n) is 4.72. The summed E-state index contributed by atoms with van der Waals surface area (Å²) in [5, 5.41) is 10.2. The number of fused-ring (bicyclic) bond motifs is 1. The molecule has 2 heterocycles. The molecule has 2 aliphatic rings. The summed E-state index contributed by atoms with van der Waals surface area (Å²) in [6, 6.07) is 12.8. The van der Waals surface area contributed by atoms with Crippen molar-refractivity contribution in [3.05, 3.63) is 87.4 Å². The molecule has 1 saturated carbocycles. The summed E-state index contributed by atoms with van der Waals surface area (Å²) >= 11 is 1.30. The van der Waals surface area contributed by atoms with Gasteiger partial charge in [0.1, 0.15) is 16.5 Å². The molecule has 2 unspecified atom stereocenters. The van der Waals surface area contributed by atoms with Crippen LogP contribution in [0.1, 0.15) is 51.8 Å². The Hall–Kier alpha value is -3.39. The summed E-state index contributed by atoms with van der Waals surface area (Å²) in [4.78, 5) is 17.5. The molecule has 1 aliphatic heterocycles. The molecule has 3 aromatic rings. The van der Waals surface area contributed by atoms with E-state index >= 15 is 0 Å². The van der Waals surface area contributed by atoms with Crippen molar-refractivity contribution in [2.24, 2.45) is 11.0 Å². The molecule has 174 valence electrons. The van der Waals surface area contributed by atoms with Crippen molar-refractivity contribution in [2.45, 2.75) is 32.2 Å². The van der Waals surface area contributed by atoms with Gasteiger partial charge in [-0.3, -0.25) is 4.79 Å². The van der Waals surface area contributed by atoms with Gasteiger partial charge in [0, 0.05) is 13.0 Å². The van der Waals surface area contributed by atoms with Crippen LogP contribution in [0.3, 0.4) is 0 Å². The molecule has 5 nitrogen and oxygen atoms in total. The number of aryl methyl sites for hydroxylation is 1. The average molecular weight is 479 g/mol. The molecule has 1 amide bonds. The van der Waals surface area contributed by atoms with Gasteiger partial charge in [0.05, 0.1) is 17.4 Å². The molecule has 8 heteroatoms. The predicted octanol–water partition coefficient (Wildman–Crippen LogP) is 5.89. The van der Waals surface area contributed by atoms with Crippen molar-refractivity contribution in [3.8, 4) is 0 Å². The van der Waals surface area contributed by atoms with Crippen LogP contribution < -0.4 is 10.3 Å². The summed E-state index contributed by atoms with van der Waals surface area (Å²) in [6.07, 6.45) is 4.86. The lowest BCUT2D eigenvalue weighted by molar-refractivity contribution is 0.0966. The van der Waals surface area contributed by atoms with E-state index in [1.54, 1.807) is 31.3 Å². The standard InChI is InChI=1S/C26H24F2N4OS/c1-15-24(25(33)29-2)34-26(30-15)32-23(17-8-12-20(28)13-9-17)21-5-3-4-18(22(21)31-32)14-16-6-10-19(27)11-7-16/h6-14,21,23H,3-5H2,1-2H3,(H,29,33)/b18-14+. The number of nitrogens with zero attached hydrogens (tertiary/aromatic N) is 3. The van der Waals surface area contributed by atoms with Crippen molar-refractivity contribution in [1.29, 1.82) is 0 Å². The van der Waals surface area contributed by atoms with Crippen LogP contribution in [-0.2, 0) is 0 Å². The highest BCUT2D eigenvalue weighted by Gasteiger charge is 2.43. The second-order valence-electron chi connectivity index (χ2n) is 8.54. The zero-order valence-corrected chi connectivity index (χ0v) is 19.7. The molecule has 0 saturated heterocycles. The summed E-state index contributed by atoms with van der Waals surface area (Å²) in [7, 11) is 1.60. The van der Waals surface area contributed by atoms with E-state index in [0.29, 0.717) is 15.7 Å².